The van der Waals surface area contributed by atoms with Crippen molar-refractivity contribution in [3.05, 3.63) is 58.6 Å². The van der Waals surface area contributed by atoms with E-state index >= 15 is 0 Å². The Bertz CT molecular complexity index is 1030. The molecule has 1 aromatic carbocycles. The minimum Gasteiger partial charge on any atom is -0.487 e. The molecule has 3 N–H and O–H groups in total. The molecule has 0 saturated carbocycles. The molecule has 6 nitrogen and oxygen atoms in total. The van der Waals surface area contributed by atoms with E-state index in [-0.39, 0.29) is 18.5 Å². The molecule has 160 valence electrons. The van der Waals surface area contributed by atoms with Crippen LogP contribution in [0, 0.1) is 0 Å². The molecule has 0 bridgehead atoms. The third-order valence-electron chi connectivity index (χ3n) is 4.61. The molecule has 1 atom stereocenters. The van der Waals surface area contributed by atoms with Crippen LogP contribution < -0.4 is 15.8 Å². The highest BCUT2D eigenvalue weighted by atomic mass is 32.1. The maximum Gasteiger partial charge on any atom is 0.416 e. The Morgan fingerprint density at radius 2 is 2.07 bits per heavy atom. The molecule has 1 amide bonds. The number of nitrogens with zero attached hydrogens (tertiary/aromatic N) is 2. The summed E-state index contributed by atoms with van der Waals surface area (Å²) in [6.07, 6.45) is -2.87. The maximum atomic E-state index is 13.2. The van der Waals surface area contributed by atoms with Gasteiger partial charge in [-0.05, 0) is 30.2 Å². The number of amides is 1. The summed E-state index contributed by atoms with van der Waals surface area (Å²) >= 11 is 1.14. The van der Waals surface area contributed by atoms with E-state index in [1.54, 1.807) is 30.1 Å². The van der Waals surface area contributed by atoms with E-state index in [0.717, 1.165) is 23.1 Å². The van der Waals surface area contributed by atoms with Crippen LogP contribution in [0.2, 0.25) is 0 Å². The summed E-state index contributed by atoms with van der Waals surface area (Å²) in [5.74, 6) is -0.424. The highest BCUT2D eigenvalue weighted by Crippen LogP contribution is 2.38. The first-order chi connectivity index (χ1) is 14.2. The van der Waals surface area contributed by atoms with Gasteiger partial charge in [-0.2, -0.15) is 18.3 Å². The number of aryl methyl sites for hydroxylation is 1. The number of thiophene rings is 1. The predicted octanol–water partition coefficient (Wildman–Crippen LogP) is 3.48. The molecule has 0 fully saturated rings. The number of methoxy groups -OCH3 is 1. The summed E-state index contributed by atoms with van der Waals surface area (Å²) in [6.45, 7) is -0.00493. The van der Waals surface area contributed by atoms with Gasteiger partial charge >= 0.3 is 6.18 Å². The third kappa shape index (κ3) is 4.65. The van der Waals surface area contributed by atoms with Gasteiger partial charge in [0.15, 0.2) is 5.06 Å². The van der Waals surface area contributed by atoms with Gasteiger partial charge in [0.2, 0.25) is 0 Å². The van der Waals surface area contributed by atoms with Crippen molar-refractivity contribution in [3.63, 3.8) is 0 Å². The normalized spacial score (nSPS) is 12.6. The lowest BCUT2D eigenvalue weighted by molar-refractivity contribution is -0.138. The third-order valence-corrected chi connectivity index (χ3v) is 5.71. The van der Waals surface area contributed by atoms with E-state index in [9.17, 15) is 18.0 Å². The highest BCUT2D eigenvalue weighted by Gasteiger charge is 2.33. The number of alkyl halides is 3. The zero-order chi connectivity index (χ0) is 21.9. The van der Waals surface area contributed by atoms with E-state index in [1.807, 2.05) is 0 Å². The fraction of sp³-hybridized carbons (Fsp3) is 0.300. The van der Waals surface area contributed by atoms with Crippen molar-refractivity contribution in [3.8, 4) is 16.3 Å². The standard InChI is InChI=1S/C20H21F3N4O2S/c1-27-16(7-8-25-27)14-10-17(30-19(14)29-2)18(28)26-13(11-24)9-12-5-3-4-6-15(12)20(21,22)23/h3-8,10,13H,9,11,24H2,1-2H3,(H,26,28)/t13-/m0/s1. The number of nitrogens with two attached hydrogens (primary N) is 1. The van der Waals surface area contributed by atoms with Gasteiger partial charge in [0, 0.05) is 25.8 Å². The van der Waals surface area contributed by atoms with Crippen LogP contribution in [-0.2, 0) is 19.6 Å². The van der Waals surface area contributed by atoms with Crippen molar-refractivity contribution < 1.29 is 22.7 Å². The molecule has 30 heavy (non-hydrogen) atoms. The highest BCUT2D eigenvalue weighted by molar-refractivity contribution is 7.16. The number of aromatic nitrogens is 2. The molecule has 0 unspecified atom stereocenters. The molecule has 3 aromatic rings. The summed E-state index contributed by atoms with van der Waals surface area (Å²) in [4.78, 5) is 13.1. The molecule has 2 heterocycles. The molecule has 0 aliphatic carbocycles. The molecule has 0 spiro atoms. The van der Waals surface area contributed by atoms with Crippen LogP contribution in [0.3, 0.4) is 0 Å². The fourth-order valence-electron chi connectivity index (χ4n) is 3.14. The smallest absolute Gasteiger partial charge is 0.416 e. The van der Waals surface area contributed by atoms with E-state index in [2.05, 4.69) is 10.4 Å². The summed E-state index contributed by atoms with van der Waals surface area (Å²) in [5.41, 5.74) is 6.57. The quantitative estimate of drug-likeness (QED) is 0.592. The first-order valence-electron chi connectivity index (χ1n) is 9.06. The summed E-state index contributed by atoms with van der Waals surface area (Å²) < 4.78 is 46.8. The van der Waals surface area contributed by atoms with E-state index < -0.39 is 23.7 Å². The van der Waals surface area contributed by atoms with Crippen molar-refractivity contribution in [1.82, 2.24) is 15.1 Å². The van der Waals surface area contributed by atoms with Gasteiger partial charge in [0.1, 0.15) is 0 Å². The molecule has 0 aliphatic heterocycles. The SMILES string of the molecule is COc1sc(C(=O)N[C@H](CN)Cc2ccccc2C(F)(F)F)cc1-c1ccnn1C. The Labute approximate surface area is 175 Å². The minimum atomic E-state index is -4.47. The van der Waals surface area contributed by atoms with Gasteiger partial charge in [-0.25, -0.2) is 0 Å². The van der Waals surface area contributed by atoms with Crippen LogP contribution in [0.25, 0.3) is 11.3 Å². The van der Waals surface area contributed by atoms with E-state index in [4.69, 9.17) is 10.5 Å². The lowest BCUT2D eigenvalue weighted by Gasteiger charge is -2.19. The Balaban J connectivity index is 1.80. The van der Waals surface area contributed by atoms with Gasteiger partial charge in [0.05, 0.1) is 28.8 Å². The van der Waals surface area contributed by atoms with Crippen LogP contribution in [-0.4, -0.2) is 35.4 Å². The molecule has 0 radical (unpaired) electrons. The molecule has 0 saturated heterocycles. The first-order valence-corrected chi connectivity index (χ1v) is 9.88. The van der Waals surface area contributed by atoms with Crippen LogP contribution in [0.15, 0.2) is 42.6 Å². The average molecular weight is 438 g/mol. The molecule has 2 aromatic heterocycles. The monoisotopic (exact) mass is 438 g/mol. The molecule has 0 aliphatic rings. The Hall–Kier alpha value is -2.85. The Morgan fingerprint density at radius 3 is 2.67 bits per heavy atom. The number of carbonyl (C=O) groups excluding carboxylic acids is 1. The van der Waals surface area contributed by atoms with Crippen LogP contribution in [0.1, 0.15) is 20.8 Å². The van der Waals surface area contributed by atoms with Gasteiger partial charge in [-0.1, -0.05) is 29.5 Å². The zero-order valence-corrected chi connectivity index (χ0v) is 17.2. The van der Waals surface area contributed by atoms with Gasteiger partial charge < -0.3 is 15.8 Å². The zero-order valence-electron chi connectivity index (χ0n) is 16.4. The number of hydrogen-bond donors (Lipinski definition) is 2. The molecule has 10 heteroatoms. The number of benzene rings is 1. The Kier molecular flexibility index (Phi) is 6.47. The number of halogens is 3. The fourth-order valence-corrected chi connectivity index (χ4v) is 4.03. The van der Waals surface area contributed by atoms with Crippen LogP contribution >= 0.6 is 11.3 Å². The Morgan fingerprint density at radius 1 is 1.33 bits per heavy atom. The largest absolute Gasteiger partial charge is 0.487 e. The second kappa shape index (κ2) is 8.88. The number of carbonyl (C=O) groups is 1. The minimum absolute atomic E-state index is 0.00493. The van der Waals surface area contributed by atoms with Crippen molar-refractivity contribution in [2.45, 2.75) is 18.6 Å². The second-order valence-corrected chi connectivity index (χ2v) is 7.64. The van der Waals surface area contributed by atoms with Crippen molar-refractivity contribution in [2.75, 3.05) is 13.7 Å². The summed E-state index contributed by atoms with van der Waals surface area (Å²) in [5, 5.41) is 7.39. The average Bonchev–Trinajstić information content (AvgIpc) is 3.32. The number of ether oxygens (including phenoxy) is 1. The van der Waals surface area contributed by atoms with Gasteiger partial charge in [-0.3, -0.25) is 9.48 Å². The van der Waals surface area contributed by atoms with Gasteiger partial charge in [-0.15, -0.1) is 0 Å². The van der Waals surface area contributed by atoms with Crippen LogP contribution in [0.5, 0.6) is 5.06 Å². The van der Waals surface area contributed by atoms with Crippen molar-refractivity contribution in [1.29, 1.82) is 0 Å². The topological polar surface area (TPSA) is 82.2 Å². The molecular weight excluding hydrogens is 417 g/mol. The lowest BCUT2D eigenvalue weighted by Crippen LogP contribution is -2.41. The van der Waals surface area contributed by atoms with E-state index in [0.29, 0.717) is 15.5 Å². The predicted molar refractivity (Wildman–Crippen MR) is 109 cm³/mol. The number of hydrogen-bond acceptors (Lipinski definition) is 5. The summed E-state index contributed by atoms with van der Waals surface area (Å²) in [7, 11) is 3.28. The van der Waals surface area contributed by atoms with E-state index in [1.165, 1.54) is 25.3 Å². The maximum absolute atomic E-state index is 13.2. The van der Waals surface area contributed by atoms with Gasteiger partial charge in [0.25, 0.3) is 5.91 Å². The lowest BCUT2D eigenvalue weighted by atomic mass is 9.99. The van der Waals surface area contributed by atoms with Crippen molar-refractivity contribution >= 4 is 17.2 Å². The summed E-state index contributed by atoms with van der Waals surface area (Å²) in [6, 6.07) is 8.09. The second-order valence-electron chi connectivity index (χ2n) is 6.62. The number of nitrogens with one attached hydrogen (secondary N) is 1. The van der Waals surface area contributed by atoms with Crippen molar-refractivity contribution in [2.24, 2.45) is 12.8 Å². The number of rotatable bonds is 7. The van der Waals surface area contributed by atoms with Crippen LogP contribution in [0.4, 0.5) is 13.2 Å². The molecular formula is C20H21F3N4O2S. The molecule has 3 rings (SSSR count). The first kappa shape index (κ1) is 21.8.